The summed E-state index contributed by atoms with van der Waals surface area (Å²) in [7, 11) is 0. The van der Waals surface area contributed by atoms with Gasteiger partial charge in [0.05, 0.1) is 13.2 Å². The van der Waals surface area contributed by atoms with Crippen molar-refractivity contribution >= 4 is 0 Å². The molecule has 144 valence electrons. The van der Waals surface area contributed by atoms with Crippen molar-refractivity contribution < 1.29 is 9.47 Å². The molecule has 0 heterocycles. The smallest absolute Gasteiger partial charge is 0.119 e. The fourth-order valence-electron chi connectivity index (χ4n) is 2.91. The molecule has 0 aromatic heterocycles. The fraction of sp³-hybridized carbons (Fsp3) is 0.360. The molecule has 0 aliphatic heterocycles. The maximum absolute atomic E-state index is 5.85. The molecule has 0 spiro atoms. The molecule has 2 rings (SSSR count). The van der Waals surface area contributed by atoms with Gasteiger partial charge < -0.3 is 9.47 Å². The average molecular weight is 365 g/mol. The number of aryl methyl sites for hydroxylation is 1. The lowest BCUT2D eigenvalue weighted by molar-refractivity contribution is 0.216. The third kappa shape index (κ3) is 7.74. The van der Waals surface area contributed by atoms with Crippen LogP contribution in [0.5, 0.6) is 5.75 Å². The topological polar surface area (TPSA) is 18.5 Å². The maximum Gasteiger partial charge on any atom is 0.119 e. The largest absolute Gasteiger partial charge is 0.494 e. The molecule has 2 aromatic rings. The zero-order chi connectivity index (χ0) is 19.3. The molecule has 0 fully saturated rings. The highest BCUT2D eigenvalue weighted by atomic mass is 16.5. The van der Waals surface area contributed by atoms with E-state index in [0.29, 0.717) is 12.4 Å². The van der Waals surface area contributed by atoms with Crippen molar-refractivity contribution in [1.29, 1.82) is 0 Å². The van der Waals surface area contributed by atoms with Crippen molar-refractivity contribution in [1.82, 2.24) is 0 Å². The van der Waals surface area contributed by atoms with E-state index in [1.807, 2.05) is 0 Å². The quantitative estimate of drug-likeness (QED) is 0.217. The minimum atomic E-state index is 0.652. The van der Waals surface area contributed by atoms with Crippen LogP contribution in [-0.4, -0.2) is 13.2 Å². The van der Waals surface area contributed by atoms with Crippen LogP contribution in [0, 0.1) is 0 Å². The van der Waals surface area contributed by atoms with Crippen molar-refractivity contribution in [2.24, 2.45) is 0 Å². The molecule has 0 bridgehead atoms. The Hall–Kier alpha value is -2.48. The zero-order valence-corrected chi connectivity index (χ0v) is 16.6. The summed E-state index contributed by atoms with van der Waals surface area (Å²) in [6.45, 7) is 11.0. The summed E-state index contributed by atoms with van der Waals surface area (Å²) in [5, 5.41) is 0. The first-order valence-corrected chi connectivity index (χ1v) is 9.99. The van der Waals surface area contributed by atoms with Gasteiger partial charge in [0, 0.05) is 0 Å². The average Bonchev–Trinajstić information content (AvgIpc) is 2.71. The van der Waals surface area contributed by atoms with E-state index in [-0.39, 0.29) is 0 Å². The third-order valence-corrected chi connectivity index (χ3v) is 4.50. The number of hydrogen-bond donors (Lipinski definition) is 0. The molecule has 0 aliphatic carbocycles. The van der Waals surface area contributed by atoms with Crippen LogP contribution in [0.3, 0.4) is 0 Å². The Morgan fingerprint density at radius 1 is 0.852 bits per heavy atom. The van der Waals surface area contributed by atoms with Crippen LogP contribution in [-0.2, 0) is 11.2 Å². The molecule has 2 nitrogen and oxygen atoms in total. The summed E-state index contributed by atoms with van der Waals surface area (Å²) in [4.78, 5) is 0. The van der Waals surface area contributed by atoms with E-state index in [2.05, 4.69) is 68.6 Å². The predicted octanol–water partition coefficient (Wildman–Crippen LogP) is 6.96. The van der Waals surface area contributed by atoms with Crippen LogP contribution in [0.15, 0.2) is 73.5 Å². The predicted molar refractivity (Wildman–Crippen MR) is 115 cm³/mol. The second-order valence-electron chi connectivity index (χ2n) is 6.75. The fourth-order valence-corrected chi connectivity index (χ4v) is 2.91. The van der Waals surface area contributed by atoms with E-state index < -0.39 is 0 Å². The van der Waals surface area contributed by atoms with E-state index in [1.54, 1.807) is 6.08 Å². The van der Waals surface area contributed by atoms with Gasteiger partial charge in [-0.2, -0.15) is 0 Å². The second-order valence-corrected chi connectivity index (χ2v) is 6.75. The van der Waals surface area contributed by atoms with E-state index in [1.165, 1.54) is 23.1 Å². The lowest BCUT2D eigenvalue weighted by Crippen LogP contribution is -1.98. The highest BCUT2D eigenvalue weighted by Crippen LogP contribution is 2.23. The Morgan fingerprint density at radius 2 is 1.44 bits per heavy atom. The third-order valence-electron chi connectivity index (χ3n) is 4.50. The van der Waals surface area contributed by atoms with Gasteiger partial charge in [-0.1, -0.05) is 62.9 Å². The maximum atomic E-state index is 5.85. The van der Waals surface area contributed by atoms with Crippen LogP contribution in [0.1, 0.15) is 44.6 Å². The van der Waals surface area contributed by atoms with E-state index in [0.717, 1.165) is 44.5 Å². The Bertz CT molecular complexity index is 683. The summed E-state index contributed by atoms with van der Waals surface area (Å²) < 4.78 is 11.2. The van der Waals surface area contributed by atoms with Crippen molar-refractivity contribution in [3.05, 3.63) is 79.1 Å². The molecule has 0 unspecified atom stereocenters. The highest BCUT2D eigenvalue weighted by molar-refractivity contribution is 5.64. The molecule has 0 aliphatic rings. The first-order valence-electron chi connectivity index (χ1n) is 9.99. The Kier molecular flexibility index (Phi) is 9.26. The van der Waals surface area contributed by atoms with Gasteiger partial charge in [0.15, 0.2) is 0 Å². The lowest BCUT2D eigenvalue weighted by atomic mass is 10.0. The SMILES string of the molecule is C=CC(=C)OCCCCCCOc1ccc(-c2ccc(CCC)cc2)cc1. The number of allylic oxidation sites excluding steroid dienone is 1. The van der Waals surface area contributed by atoms with E-state index in [9.17, 15) is 0 Å². The minimum absolute atomic E-state index is 0.652. The lowest BCUT2D eigenvalue weighted by Gasteiger charge is -2.08. The van der Waals surface area contributed by atoms with Crippen LogP contribution in [0.4, 0.5) is 0 Å². The molecular formula is C25H32O2. The number of ether oxygens (including phenoxy) is 2. The summed E-state index contributed by atoms with van der Waals surface area (Å²) in [5.41, 5.74) is 3.88. The van der Waals surface area contributed by atoms with Crippen molar-refractivity contribution in [2.45, 2.75) is 45.4 Å². The van der Waals surface area contributed by atoms with Crippen LogP contribution >= 0.6 is 0 Å². The number of hydrogen-bond acceptors (Lipinski definition) is 2. The molecule has 0 saturated carbocycles. The molecule has 0 amide bonds. The van der Waals surface area contributed by atoms with Crippen molar-refractivity contribution in [3.63, 3.8) is 0 Å². The Labute approximate surface area is 164 Å². The zero-order valence-electron chi connectivity index (χ0n) is 16.6. The van der Waals surface area contributed by atoms with Gasteiger partial charge in [-0.25, -0.2) is 0 Å². The van der Waals surface area contributed by atoms with Gasteiger partial charge in [-0.3, -0.25) is 0 Å². The normalized spacial score (nSPS) is 10.4. The Balaban J connectivity index is 1.65. The molecule has 2 heteroatoms. The molecular weight excluding hydrogens is 332 g/mol. The number of unbranched alkanes of at least 4 members (excludes halogenated alkanes) is 3. The highest BCUT2D eigenvalue weighted by Gasteiger charge is 2.00. The summed E-state index contributed by atoms with van der Waals surface area (Å²) in [5.74, 6) is 1.59. The van der Waals surface area contributed by atoms with Gasteiger partial charge in [-0.15, -0.1) is 0 Å². The van der Waals surface area contributed by atoms with Gasteiger partial charge >= 0.3 is 0 Å². The van der Waals surface area contributed by atoms with Gasteiger partial charge in [0.1, 0.15) is 11.5 Å². The molecule has 0 saturated heterocycles. The minimum Gasteiger partial charge on any atom is -0.494 e. The van der Waals surface area contributed by atoms with E-state index in [4.69, 9.17) is 9.47 Å². The van der Waals surface area contributed by atoms with Crippen LogP contribution in [0.2, 0.25) is 0 Å². The van der Waals surface area contributed by atoms with Gasteiger partial charge in [0.2, 0.25) is 0 Å². The van der Waals surface area contributed by atoms with Gasteiger partial charge in [0.25, 0.3) is 0 Å². The standard InChI is InChI=1S/C25H32O2/c1-4-10-22-11-13-23(14-12-22)24-15-17-25(18-16-24)27-20-9-7-6-8-19-26-21(3)5-2/h5,11-18H,2-4,6-10,19-20H2,1H3. The second kappa shape index (κ2) is 12.0. The van der Waals surface area contributed by atoms with Crippen LogP contribution < -0.4 is 4.74 Å². The molecule has 2 aromatic carbocycles. The van der Waals surface area contributed by atoms with Crippen molar-refractivity contribution in [2.75, 3.05) is 13.2 Å². The molecule has 0 radical (unpaired) electrons. The summed E-state index contributed by atoms with van der Waals surface area (Å²) >= 11 is 0. The number of rotatable bonds is 13. The summed E-state index contributed by atoms with van der Waals surface area (Å²) in [6, 6.07) is 17.2. The number of benzene rings is 2. The van der Waals surface area contributed by atoms with Crippen molar-refractivity contribution in [3.8, 4) is 16.9 Å². The Morgan fingerprint density at radius 3 is 2.04 bits per heavy atom. The molecule has 0 N–H and O–H groups in total. The first-order chi connectivity index (χ1) is 13.2. The molecule has 27 heavy (non-hydrogen) atoms. The summed E-state index contributed by atoms with van der Waals surface area (Å²) in [6.07, 6.45) is 8.35. The monoisotopic (exact) mass is 364 g/mol. The van der Waals surface area contributed by atoms with Gasteiger partial charge in [-0.05, 0) is 67.0 Å². The van der Waals surface area contributed by atoms with E-state index >= 15 is 0 Å². The van der Waals surface area contributed by atoms with Crippen LogP contribution in [0.25, 0.3) is 11.1 Å². The molecule has 0 atom stereocenters. The first kappa shape index (κ1) is 20.8.